The molecule has 0 saturated heterocycles. The highest BCUT2D eigenvalue weighted by atomic mass is 19.4. The number of aromatic carboxylic acids is 1. The predicted octanol–water partition coefficient (Wildman–Crippen LogP) is 4.04. The van der Waals surface area contributed by atoms with Crippen LogP contribution in [0.3, 0.4) is 0 Å². The Labute approximate surface area is 102 Å². The Kier molecular flexibility index (Phi) is 3.36. The molecule has 1 fully saturated rings. The van der Waals surface area contributed by atoms with Crippen molar-refractivity contribution in [3.63, 3.8) is 0 Å². The van der Waals surface area contributed by atoms with Gasteiger partial charge in [0.2, 0.25) is 5.76 Å². The zero-order valence-corrected chi connectivity index (χ0v) is 9.59. The Hall–Kier alpha value is -1.46. The zero-order chi connectivity index (χ0) is 13.3. The number of halogens is 3. The van der Waals surface area contributed by atoms with E-state index in [2.05, 4.69) is 0 Å². The molecule has 0 radical (unpaired) electrons. The number of carbonyl (C=O) groups is 1. The topological polar surface area (TPSA) is 50.4 Å². The van der Waals surface area contributed by atoms with Gasteiger partial charge in [0.15, 0.2) is 0 Å². The first-order valence-electron chi connectivity index (χ1n) is 5.84. The molecule has 1 aliphatic rings. The molecule has 1 aromatic heterocycles. The maximum absolute atomic E-state index is 12.6. The molecule has 0 atom stereocenters. The Morgan fingerprint density at radius 2 is 1.89 bits per heavy atom. The molecule has 1 heterocycles. The minimum atomic E-state index is -4.76. The summed E-state index contributed by atoms with van der Waals surface area (Å²) in [4.78, 5) is 10.8. The molecular weight excluding hydrogens is 249 g/mol. The average Bonchev–Trinajstić information content (AvgIpc) is 2.74. The molecule has 0 spiro atoms. The third kappa shape index (κ3) is 2.52. The molecule has 1 saturated carbocycles. The second kappa shape index (κ2) is 4.66. The van der Waals surface area contributed by atoms with Crippen molar-refractivity contribution in [2.45, 2.75) is 44.2 Å². The SMILES string of the molecule is O=C(O)c1cc(C2CCCCC2)oc1C(F)(F)F. The fourth-order valence-electron chi connectivity index (χ4n) is 2.37. The van der Waals surface area contributed by atoms with Crippen molar-refractivity contribution < 1.29 is 27.5 Å². The summed E-state index contributed by atoms with van der Waals surface area (Å²) in [6.45, 7) is 0. The molecule has 1 aromatic rings. The Bertz CT molecular complexity index is 442. The van der Waals surface area contributed by atoms with Crippen molar-refractivity contribution in [1.82, 2.24) is 0 Å². The summed E-state index contributed by atoms with van der Waals surface area (Å²) >= 11 is 0. The van der Waals surface area contributed by atoms with Crippen molar-refractivity contribution in [2.24, 2.45) is 0 Å². The van der Waals surface area contributed by atoms with Crippen molar-refractivity contribution in [3.05, 3.63) is 23.2 Å². The van der Waals surface area contributed by atoms with Gasteiger partial charge in [-0.15, -0.1) is 0 Å². The number of alkyl halides is 3. The predicted molar refractivity (Wildman–Crippen MR) is 56.5 cm³/mol. The molecule has 1 N–H and O–H groups in total. The van der Waals surface area contributed by atoms with Gasteiger partial charge in [0.05, 0.1) is 0 Å². The molecule has 2 rings (SSSR count). The summed E-state index contributed by atoms with van der Waals surface area (Å²) in [6, 6.07) is 1.03. The van der Waals surface area contributed by atoms with Gasteiger partial charge in [0, 0.05) is 5.92 Å². The van der Waals surface area contributed by atoms with Crippen LogP contribution in [0.2, 0.25) is 0 Å². The van der Waals surface area contributed by atoms with Crippen LogP contribution in [0.15, 0.2) is 10.5 Å². The third-order valence-corrected chi connectivity index (χ3v) is 3.25. The lowest BCUT2D eigenvalue weighted by Gasteiger charge is -2.19. The third-order valence-electron chi connectivity index (χ3n) is 3.25. The van der Waals surface area contributed by atoms with Gasteiger partial charge in [-0.1, -0.05) is 19.3 Å². The van der Waals surface area contributed by atoms with Crippen molar-refractivity contribution in [3.8, 4) is 0 Å². The van der Waals surface area contributed by atoms with Crippen LogP contribution in [-0.2, 0) is 6.18 Å². The summed E-state index contributed by atoms with van der Waals surface area (Å²) < 4.78 is 42.7. The Morgan fingerprint density at radius 3 is 2.33 bits per heavy atom. The smallest absolute Gasteiger partial charge is 0.450 e. The minimum Gasteiger partial charge on any atom is -0.478 e. The molecule has 1 aliphatic carbocycles. The van der Waals surface area contributed by atoms with E-state index in [1.807, 2.05) is 0 Å². The maximum atomic E-state index is 12.6. The van der Waals surface area contributed by atoms with E-state index in [4.69, 9.17) is 9.52 Å². The quantitative estimate of drug-likeness (QED) is 0.874. The van der Waals surface area contributed by atoms with Gasteiger partial charge in [-0.2, -0.15) is 13.2 Å². The van der Waals surface area contributed by atoms with Crippen molar-refractivity contribution in [1.29, 1.82) is 0 Å². The molecule has 0 aliphatic heterocycles. The number of carboxylic acids is 1. The van der Waals surface area contributed by atoms with E-state index < -0.39 is 23.5 Å². The molecule has 18 heavy (non-hydrogen) atoms. The Balaban J connectivity index is 2.35. The molecule has 0 bridgehead atoms. The first-order valence-corrected chi connectivity index (χ1v) is 5.84. The van der Waals surface area contributed by atoms with Gasteiger partial charge < -0.3 is 9.52 Å². The summed E-state index contributed by atoms with van der Waals surface area (Å²) in [5, 5.41) is 8.78. The van der Waals surface area contributed by atoms with Crippen LogP contribution in [0.25, 0.3) is 0 Å². The lowest BCUT2D eigenvalue weighted by Crippen LogP contribution is -2.09. The number of carboxylic acid groups (broad SMARTS) is 1. The number of hydrogen-bond donors (Lipinski definition) is 1. The van der Waals surface area contributed by atoms with E-state index in [9.17, 15) is 18.0 Å². The van der Waals surface area contributed by atoms with Crippen LogP contribution in [0.4, 0.5) is 13.2 Å². The van der Waals surface area contributed by atoms with Crippen LogP contribution >= 0.6 is 0 Å². The summed E-state index contributed by atoms with van der Waals surface area (Å²) in [5.41, 5.74) is -0.789. The van der Waals surface area contributed by atoms with Crippen LogP contribution in [0.5, 0.6) is 0 Å². The van der Waals surface area contributed by atoms with E-state index in [-0.39, 0.29) is 11.7 Å². The van der Waals surface area contributed by atoms with Gasteiger partial charge in [0.25, 0.3) is 0 Å². The number of rotatable bonds is 2. The molecule has 0 aromatic carbocycles. The standard InChI is InChI=1S/C12H13F3O3/c13-12(14,15)10-8(11(16)17)6-9(18-10)7-4-2-1-3-5-7/h6-7H,1-5H2,(H,16,17). The van der Waals surface area contributed by atoms with Gasteiger partial charge in [-0.25, -0.2) is 4.79 Å². The van der Waals surface area contributed by atoms with Gasteiger partial charge >= 0.3 is 12.1 Å². The molecule has 100 valence electrons. The zero-order valence-electron chi connectivity index (χ0n) is 9.59. The second-order valence-corrected chi connectivity index (χ2v) is 4.53. The largest absolute Gasteiger partial charge is 0.478 e. The first-order chi connectivity index (χ1) is 8.39. The second-order valence-electron chi connectivity index (χ2n) is 4.53. The van der Waals surface area contributed by atoms with Gasteiger partial charge in [-0.3, -0.25) is 0 Å². The van der Waals surface area contributed by atoms with E-state index in [0.29, 0.717) is 0 Å². The lowest BCUT2D eigenvalue weighted by atomic mass is 9.87. The van der Waals surface area contributed by atoms with E-state index in [1.54, 1.807) is 0 Å². The number of hydrogen-bond acceptors (Lipinski definition) is 2. The monoisotopic (exact) mass is 262 g/mol. The molecule has 6 heteroatoms. The fraction of sp³-hybridized carbons (Fsp3) is 0.583. The normalized spacial score (nSPS) is 17.9. The van der Waals surface area contributed by atoms with Crippen LogP contribution in [0.1, 0.15) is 59.9 Å². The summed E-state index contributed by atoms with van der Waals surface area (Å²) in [5.74, 6) is -2.93. The highest BCUT2D eigenvalue weighted by Crippen LogP contribution is 2.39. The molecule has 0 unspecified atom stereocenters. The molecule has 0 amide bonds. The first kappa shape index (κ1) is 13.0. The summed E-state index contributed by atoms with van der Waals surface area (Å²) in [7, 11) is 0. The van der Waals surface area contributed by atoms with E-state index in [1.165, 1.54) is 0 Å². The van der Waals surface area contributed by atoms with Crippen LogP contribution < -0.4 is 0 Å². The highest BCUT2D eigenvalue weighted by molar-refractivity contribution is 5.89. The van der Waals surface area contributed by atoms with Crippen molar-refractivity contribution >= 4 is 5.97 Å². The van der Waals surface area contributed by atoms with Gasteiger partial charge in [0.1, 0.15) is 11.3 Å². The fourth-order valence-corrected chi connectivity index (χ4v) is 2.37. The molecular formula is C12H13F3O3. The number of furan rings is 1. The van der Waals surface area contributed by atoms with E-state index >= 15 is 0 Å². The Morgan fingerprint density at radius 1 is 1.28 bits per heavy atom. The summed E-state index contributed by atoms with van der Waals surface area (Å²) in [6.07, 6.45) is -0.312. The minimum absolute atomic E-state index is 0.0899. The van der Waals surface area contributed by atoms with E-state index in [0.717, 1.165) is 38.2 Å². The van der Waals surface area contributed by atoms with Crippen LogP contribution in [0, 0.1) is 0 Å². The molecule has 3 nitrogen and oxygen atoms in total. The van der Waals surface area contributed by atoms with Crippen molar-refractivity contribution in [2.75, 3.05) is 0 Å². The highest BCUT2D eigenvalue weighted by Gasteiger charge is 2.41. The maximum Gasteiger partial charge on any atom is 0.450 e. The van der Waals surface area contributed by atoms with Gasteiger partial charge in [-0.05, 0) is 18.9 Å². The lowest BCUT2D eigenvalue weighted by molar-refractivity contribution is -0.154. The van der Waals surface area contributed by atoms with Crippen LogP contribution in [-0.4, -0.2) is 11.1 Å². The average molecular weight is 262 g/mol.